The Hall–Kier alpha value is -3.29. The molecule has 1 aromatic heterocycles. The van der Waals surface area contributed by atoms with Gasteiger partial charge in [0, 0.05) is 17.4 Å². The van der Waals surface area contributed by atoms with Crippen LogP contribution in [0.5, 0.6) is 5.75 Å². The van der Waals surface area contributed by atoms with E-state index in [0.717, 1.165) is 12.0 Å². The summed E-state index contributed by atoms with van der Waals surface area (Å²) >= 11 is 1.24. The molecule has 0 aliphatic heterocycles. The van der Waals surface area contributed by atoms with Gasteiger partial charge in [-0.25, -0.2) is 13.2 Å². The molecule has 0 aliphatic rings. The maximum atomic E-state index is 12.7. The monoisotopic (exact) mass is 464 g/mol. The third-order valence-electron chi connectivity index (χ3n) is 4.87. The van der Waals surface area contributed by atoms with Gasteiger partial charge in [-0.3, -0.25) is 0 Å². The molecule has 0 unspecified atom stereocenters. The molecule has 1 heterocycles. The fourth-order valence-electron chi connectivity index (χ4n) is 3.19. The number of aryl methyl sites for hydroxylation is 1. The van der Waals surface area contributed by atoms with Crippen LogP contribution in [0, 0.1) is 0 Å². The number of rotatable bonds is 7. The lowest BCUT2D eigenvalue weighted by molar-refractivity contribution is 0.430. The molecule has 162 valence electrons. The van der Waals surface area contributed by atoms with Crippen molar-refractivity contribution in [3.63, 3.8) is 0 Å². The molecule has 3 aromatic carbocycles. The summed E-state index contributed by atoms with van der Waals surface area (Å²) in [6.45, 7) is 0. The van der Waals surface area contributed by atoms with E-state index in [1.54, 1.807) is 30.3 Å². The second kappa shape index (κ2) is 9.46. The molecule has 0 bridgehead atoms. The number of hydrogen-bond donors (Lipinski definition) is 1. The minimum absolute atomic E-state index is 0.132. The molecule has 0 fully saturated rings. The smallest absolute Gasteiger partial charge is 0.353 e. The third kappa shape index (κ3) is 4.79. The number of aromatic hydroxyl groups is 1. The van der Waals surface area contributed by atoms with Crippen molar-refractivity contribution in [1.29, 1.82) is 0 Å². The van der Waals surface area contributed by atoms with Crippen LogP contribution in [-0.4, -0.2) is 19.3 Å². The zero-order valence-corrected chi connectivity index (χ0v) is 18.6. The molecule has 0 saturated heterocycles. The average molecular weight is 465 g/mol. The van der Waals surface area contributed by atoms with E-state index in [-0.39, 0.29) is 26.2 Å². The number of sulfone groups is 1. The largest absolute Gasteiger partial charge is 0.506 e. The van der Waals surface area contributed by atoms with Gasteiger partial charge in [-0.05, 0) is 48.4 Å². The van der Waals surface area contributed by atoms with Crippen LogP contribution in [0.2, 0.25) is 0 Å². The van der Waals surface area contributed by atoms with E-state index >= 15 is 0 Å². The predicted molar refractivity (Wildman–Crippen MR) is 125 cm³/mol. The van der Waals surface area contributed by atoms with Crippen molar-refractivity contribution in [2.75, 3.05) is 5.75 Å². The second-order valence-electron chi connectivity index (χ2n) is 7.04. The van der Waals surface area contributed by atoms with Crippen molar-refractivity contribution in [3.8, 4) is 17.1 Å². The highest BCUT2D eigenvalue weighted by molar-refractivity contribution is 7.99. The lowest BCUT2D eigenvalue weighted by atomic mass is 10.1. The van der Waals surface area contributed by atoms with Crippen LogP contribution in [0.4, 0.5) is 0 Å². The topological polar surface area (TPSA) is 84.6 Å². The van der Waals surface area contributed by atoms with Gasteiger partial charge in [-0.1, -0.05) is 48.5 Å². The molecule has 0 radical (unpaired) electrons. The first kappa shape index (κ1) is 21.9. The van der Waals surface area contributed by atoms with E-state index in [4.69, 9.17) is 4.42 Å². The van der Waals surface area contributed by atoms with Crippen molar-refractivity contribution in [3.05, 3.63) is 107 Å². The first-order valence-electron chi connectivity index (χ1n) is 9.89. The molecule has 0 spiro atoms. The minimum atomic E-state index is -3.64. The van der Waals surface area contributed by atoms with Crippen molar-refractivity contribution >= 4 is 21.6 Å². The Morgan fingerprint density at radius 2 is 1.41 bits per heavy atom. The Morgan fingerprint density at radius 1 is 0.812 bits per heavy atom. The van der Waals surface area contributed by atoms with Crippen molar-refractivity contribution in [2.45, 2.75) is 21.1 Å². The molecule has 5 nitrogen and oxygen atoms in total. The van der Waals surface area contributed by atoms with Crippen LogP contribution in [0.1, 0.15) is 5.56 Å². The van der Waals surface area contributed by atoms with E-state index in [2.05, 4.69) is 0 Å². The van der Waals surface area contributed by atoms with Gasteiger partial charge in [0.2, 0.25) is 9.84 Å². The van der Waals surface area contributed by atoms with E-state index in [9.17, 15) is 18.3 Å². The SMILES string of the molecule is O=c1oc(-c2ccc(S(=O)(=O)c3ccccc3)cc2)cc(O)c1SCCc1ccccc1. The van der Waals surface area contributed by atoms with Gasteiger partial charge in [0.15, 0.2) is 0 Å². The predicted octanol–water partition coefficient (Wildman–Crippen LogP) is 5.18. The van der Waals surface area contributed by atoms with Gasteiger partial charge in [0.1, 0.15) is 16.4 Å². The summed E-state index contributed by atoms with van der Waals surface area (Å²) in [4.78, 5) is 12.9. The van der Waals surface area contributed by atoms with Crippen LogP contribution in [0.25, 0.3) is 11.3 Å². The molecule has 4 aromatic rings. The molecule has 0 amide bonds. The molecular weight excluding hydrogens is 444 g/mol. The average Bonchev–Trinajstić information content (AvgIpc) is 2.82. The van der Waals surface area contributed by atoms with Gasteiger partial charge < -0.3 is 9.52 Å². The van der Waals surface area contributed by atoms with Gasteiger partial charge in [-0.2, -0.15) is 0 Å². The molecule has 1 N–H and O–H groups in total. The highest BCUT2D eigenvalue weighted by Gasteiger charge is 2.18. The zero-order valence-electron chi connectivity index (χ0n) is 17.0. The zero-order chi connectivity index (χ0) is 22.6. The lowest BCUT2D eigenvalue weighted by Gasteiger charge is -2.08. The van der Waals surface area contributed by atoms with Gasteiger partial charge in [0.25, 0.3) is 0 Å². The summed E-state index contributed by atoms with van der Waals surface area (Å²) in [5.41, 5.74) is 1.01. The molecule has 0 saturated carbocycles. The Bertz CT molecular complexity index is 1360. The number of hydrogen-bond acceptors (Lipinski definition) is 6. The van der Waals surface area contributed by atoms with Crippen molar-refractivity contribution in [2.24, 2.45) is 0 Å². The molecular formula is C25H20O5S2. The molecule has 0 atom stereocenters. The van der Waals surface area contributed by atoms with E-state index in [0.29, 0.717) is 11.3 Å². The Kier molecular flexibility index (Phi) is 6.48. The number of benzene rings is 3. The quantitative estimate of drug-likeness (QED) is 0.380. The normalized spacial score (nSPS) is 11.4. The van der Waals surface area contributed by atoms with Crippen LogP contribution in [0.3, 0.4) is 0 Å². The lowest BCUT2D eigenvalue weighted by Crippen LogP contribution is -2.04. The molecule has 32 heavy (non-hydrogen) atoms. The maximum Gasteiger partial charge on any atom is 0.353 e. The molecule has 7 heteroatoms. The molecule has 4 rings (SSSR count). The van der Waals surface area contributed by atoms with Crippen LogP contribution >= 0.6 is 11.8 Å². The summed E-state index contributed by atoms with van der Waals surface area (Å²) in [7, 11) is -3.64. The summed E-state index contributed by atoms with van der Waals surface area (Å²) in [6, 6.07) is 25.4. The van der Waals surface area contributed by atoms with E-state index in [1.807, 2.05) is 30.3 Å². The van der Waals surface area contributed by atoms with E-state index in [1.165, 1.54) is 42.1 Å². The van der Waals surface area contributed by atoms with Crippen molar-refractivity contribution in [1.82, 2.24) is 0 Å². The van der Waals surface area contributed by atoms with Crippen LogP contribution in [0.15, 0.2) is 115 Å². The summed E-state index contributed by atoms with van der Waals surface area (Å²) in [5, 5.41) is 10.4. The maximum absolute atomic E-state index is 12.7. The Morgan fingerprint density at radius 3 is 2.03 bits per heavy atom. The number of thioether (sulfide) groups is 1. The third-order valence-corrected chi connectivity index (χ3v) is 7.73. The Balaban J connectivity index is 1.52. The first-order chi connectivity index (χ1) is 15.4. The fourth-order valence-corrected chi connectivity index (χ4v) is 5.39. The molecule has 0 aliphatic carbocycles. The van der Waals surface area contributed by atoms with Crippen LogP contribution in [-0.2, 0) is 16.3 Å². The van der Waals surface area contributed by atoms with Gasteiger partial charge in [0.05, 0.1) is 9.79 Å². The van der Waals surface area contributed by atoms with E-state index < -0.39 is 15.5 Å². The fraction of sp³-hybridized carbons (Fsp3) is 0.0800. The highest BCUT2D eigenvalue weighted by Crippen LogP contribution is 2.31. The second-order valence-corrected chi connectivity index (χ2v) is 10.1. The minimum Gasteiger partial charge on any atom is -0.506 e. The highest BCUT2D eigenvalue weighted by atomic mass is 32.2. The Labute approximate surface area is 190 Å². The van der Waals surface area contributed by atoms with Crippen molar-refractivity contribution < 1.29 is 17.9 Å². The summed E-state index contributed by atoms with van der Waals surface area (Å²) in [6.07, 6.45) is 0.753. The summed E-state index contributed by atoms with van der Waals surface area (Å²) in [5.74, 6) is 0.632. The van der Waals surface area contributed by atoms with Gasteiger partial charge in [-0.15, -0.1) is 11.8 Å². The van der Waals surface area contributed by atoms with Gasteiger partial charge >= 0.3 is 5.63 Å². The summed E-state index contributed by atoms with van der Waals surface area (Å²) < 4.78 is 30.8. The van der Waals surface area contributed by atoms with Crippen LogP contribution < -0.4 is 5.63 Å². The first-order valence-corrected chi connectivity index (χ1v) is 12.4. The standard InChI is InChI=1S/C25H20O5S2/c26-22-17-23(30-25(27)24(22)31-16-15-18-7-3-1-4-8-18)19-11-13-21(14-12-19)32(28,29)20-9-5-2-6-10-20/h1-14,17,26H,15-16H2.